The van der Waals surface area contributed by atoms with Crippen molar-refractivity contribution >= 4 is 22.6 Å². The molecule has 6 heteroatoms. The summed E-state index contributed by atoms with van der Waals surface area (Å²) in [6, 6.07) is 10.2. The van der Waals surface area contributed by atoms with E-state index in [4.69, 9.17) is 0 Å². The fourth-order valence-electron chi connectivity index (χ4n) is 2.84. The van der Waals surface area contributed by atoms with Gasteiger partial charge in [-0.15, -0.1) is 0 Å². The van der Waals surface area contributed by atoms with Crippen molar-refractivity contribution < 1.29 is 19.4 Å². The standard InChI is InChI=1S/C17H18N2O4/c1-23-17(22)14-8-12(9-18-14)19-16(21)13-6-10-4-2-3-5-11(10)7-15(13)20/h2-7,12,14,18,20H,8-9H2,1H3,(H,19,21)/t12-,14-/m0/s1. The van der Waals surface area contributed by atoms with E-state index < -0.39 is 6.04 Å². The lowest BCUT2D eigenvalue weighted by Gasteiger charge is -2.13. The summed E-state index contributed by atoms with van der Waals surface area (Å²) in [5.74, 6) is -0.752. The van der Waals surface area contributed by atoms with E-state index in [2.05, 4.69) is 15.4 Å². The fraction of sp³-hybridized carbons (Fsp3) is 0.294. The molecule has 3 rings (SSSR count). The predicted molar refractivity (Wildman–Crippen MR) is 85.3 cm³/mol. The van der Waals surface area contributed by atoms with Crippen LogP contribution < -0.4 is 10.6 Å². The van der Waals surface area contributed by atoms with Gasteiger partial charge in [0, 0.05) is 12.6 Å². The highest BCUT2D eigenvalue weighted by Crippen LogP contribution is 2.25. The van der Waals surface area contributed by atoms with Gasteiger partial charge < -0.3 is 20.5 Å². The van der Waals surface area contributed by atoms with Crippen LogP contribution in [0, 0.1) is 0 Å². The average molecular weight is 314 g/mol. The molecule has 0 aromatic heterocycles. The lowest BCUT2D eigenvalue weighted by atomic mass is 10.0. The van der Waals surface area contributed by atoms with E-state index in [1.165, 1.54) is 7.11 Å². The molecule has 0 saturated carbocycles. The third kappa shape index (κ3) is 3.12. The van der Waals surface area contributed by atoms with Gasteiger partial charge in [0.1, 0.15) is 11.8 Å². The number of amides is 1. The Morgan fingerprint density at radius 1 is 1.26 bits per heavy atom. The molecule has 6 nitrogen and oxygen atoms in total. The minimum atomic E-state index is -0.407. The summed E-state index contributed by atoms with van der Waals surface area (Å²) >= 11 is 0. The van der Waals surface area contributed by atoms with Crippen LogP contribution in [0.15, 0.2) is 36.4 Å². The fourth-order valence-corrected chi connectivity index (χ4v) is 2.84. The number of phenols is 1. The molecule has 1 aliphatic rings. The molecule has 1 heterocycles. The Morgan fingerprint density at radius 3 is 2.65 bits per heavy atom. The second-order valence-corrected chi connectivity index (χ2v) is 5.61. The smallest absolute Gasteiger partial charge is 0.322 e. The van der Waals surface area contributed by atoms with Crippen LogP contribution in [0.25, 0.3) is 10.8 Å². The van der Waals surface area contributed by atoms with E-state index in [0.29, 0.717) is 13.0 Å². The van der Waals surface area contributed by atoms with Gasteiger partial charge in [0.05, 0.1) is 12.7 Å². The van der Waals surface area contributed by atoms with Gasteiger partial charge in [0.2, 0.25) is 0 Å². The number of ether oxygens (including phenoxy) is 1. The molecule has 0 aliphatic carbocycles. The first-order valence-corrected chi connectivity index (χ1v) is 7.42. The number of benzene rings is 2. The lowest BCUT2D eigenvalue weighted by molar-refractivity contribution is -0.142. The van der Waals surface area contributed by atoms with Gasteiger partial charge in [-0.25, -0.2) is 0 Å². The van der Waals surface area contributed by atoms with Crippen molar-refractivity contribution in [2.45, 2.75) is 18.5 Å². The second kappa shape index (κ2) is 6.26. The number of carbonyl (C=O) groups excluding carboxylic acids is 2. The molecule has 1 fully saturated rings. The molecule has 2 atom stereocenters. The Hall–Kier alpha value is -2.60. The molecule has 0 bridgehead atoms. The molecule has 1 saturated heterocycles. The molecular weight excluding hydrogens is 296 g/mol. The number of hydrogen-bond donors (Lipinski definition) is 3. The molecule has 23 heavy (non-hydrogen) atoms. The zero-order valence-electron chi connectivity index (χ0n) is 12.7. The van der Waals surface area contributed by atoms with Crippen molar-refractivity contribution in [1.82, 2.24) is 10.6 Å². The Kier molecular flexibility index (Phi) is 4.16. The minimum Gasteiger partial charge on any atom is -0.507 e. The van der Waals surface area contributed by atoms with E-state index in [1.807, 2.05) is 24.3 Å². The Balaban J connectivity index is 1.74. The topological polar surface area (TPSA) is 87.7 Å². The van der Waals surface area contributed by atoms with Gasteiger partial charge in [0.25, 0.3) is 5.91 Å². The number of rotatable bonds is 3. The molecule has 3 N–H and O–H groups in total. The molecule has 0 radical (unpaired) electrons. The van der Waals surface area contributed by atoms with Crippen molar-refractivity contribution in [1.29, 1.82) is 0 Å². The van der Waals surface area contributed by atoms with Crippen molar-refractivity contribution in [3.63, 3.8) is 0 Å². The Labute approximate surface area is 133 Å². The Morgan fingerprint density at radius 2 is 1.96 bits per heavy atom. The number of esters is 1. The molecule has 0 spiro atoms. The third-order valence-corrected chi connectivity index (χ3v) is 4.06. The SMILES string of the molecule is COC(=O)[C@@H]1C[C@H](NC(=O)c2cc3ccccc3cc2O)CN1. The quantitative estimate of drug-likeness (QED) is 0.741. The van der Waals surface area contributed by atoms with Gasteiger partial charge in [-0.1, -0.05) is 24.3 Å². The van der Waals surface area contributed by atoms with Gasteiger partial charge in [-0.2, -0.15) is 0 Å². The lowest BCUT2D eigenvalue weighted by Crippen LogP contribution is -2.36. The normalized spacial score (nSPS) is 20.4. The summed E-state index contributed by atoms with van der Waals surface area (Å²) in [6.45, 7) is 0.486. The van der Waals surface area contributed by atoms with Gasteiger partial charge in [-0.3, -0.25) is 9.59 Å². The van der Waals surface area contributed by atoms with Gasteiger partial charge >= 0.3 is 5.97 Å². The van der Waals surface area contributed by atoms with Crippen LogP contribution in [-0.4, -0.2) is 42.7 Å². The largest absolute Gasteiger partial charge is 0.507 e. The van der Waals surface area contributed by atoms with Crippen molar-refractivity contribution in [2.24, 2.45) is 0 Å². The zero-order valence-corrected chi connectivity index (χ0v) is 12.7. The number of nitrogens with one attached hydrogen (secondary N) is 2. The van der Waals surface area contributed by atoms with Crippen LogP contribution >= 0.6 is 0 Å². The maximum absolute atomic E-state index is 12.4. The summed E-state index contributed by atoms with van der Waals surface area (Å²) in [6.07, 6.45) is 0.465. The zero-order chi connectivity index (χ0) is 16.4. The third-order valence-electron chi connectivity index (χ3n) is 4.06. The summed E-state index contributed by atoms with van der Waals surface area (Å²) in [5, 5.41) is 17.7. The van der Waals surface area contributed by atoms with Crippen LogP contribution in [-0.2, 0) is 9.53 Å². The van der Waals surface area contributed by atoms with Crippen LogP contribution in [0.2, 0.25) is 0 Å². The van der Waals surface area contributed by atoms with E-state index in [-0.39, 0.29) is 29.2 Å². The molecule has 0 unspecified atom stereocenters. The maximum atomic E-state index is 12.4. The van der Waals surface area contributed by atoms with Crippen LogP contribution in [0.3, 0.4) is 0 Å². The van der Waals surface area contributed by atoms with Crippen LogP contribution in [0.4, 0.5) is 0 Å². The number of hydrogen-bond acceptors (Lipinski definition) is 5. The molecule has 1 aliphatic heterocycles. The van der Waals surface area contributed by atoms with E-state index in [1.54, 1.807) is 12.1 Å². The van der Waals surface area contributed by atoms with E-state index in [0.717, 1.165) is 10.8 Å². The summed E-state index contributed by atoms with van der Waals surface area (Å²) in [4.78, 5) is 23.9. The predicted octanol–water partition coefficient (Wildman–Crippen LogP) is 1.18. The number of methoxy groups -OCH3 is 1. The maximum Gasteiger partial charge on any atom is 0.322 e. The van der Waals surface area contributed by atoms with Gasteiger partial charge in [0.15, 0.2) is 0 Å². The number of fused-ring (bicyclic) bond motifs is 1. The summed E-state index contributed by atoms with van der Waals surface area (Å²) < 4.78 is 4.69. The number of phenolic OH excluding ortho intramolecular Hbond substituents is 1. The Bertz CT molecular complexity index is 759. The molecule has 2 aromatic rings. The highest BCUT2D eigenvalue weighted by Gasteiger charge is 2.31. The molecule has 120 valence electrons. The monoisotopic (exact) mass is 314 g/mol. The molecule has 1 amide bonds. The molecule has 2 aromatic carbocycles. The van der Waals surface area contributed by atoms with E-state index in [9.17, 15) is 14.7 Å². The first kappa shape index (κ1) is 15.3. The average Bonchev–Trinajstić information content (AvgIpc) is 3.01. The van der Waals surface area contributed by atoms with Crippen molar-refractivity contribution in [2.75, 3.05) is 13.7 Å². The first-order valence-electron chi connectivity index (χ1n) is 7.42. The second-order valence-electron chi connectivity index (χ2n) is 5.61. The van der Waals surface area contributed by atoms with E-state index >= 15 is 0 Å². The number of carbonyl (C=O) groups is 2. The first-order chi connectivity index (χ1) is 11.1. The minimum absolute atomic E-state index is 0.0586. The highest BCUT2D eigenvalue weighted by molar-refractivity contribution is 6.01. The highest BCUT2D eigenvalue weighted by atomic mass is 16.5. The summed E-state index contributed by atoms with van der Waals surface area (Å²) in [7, 11) is 1.34. The van der Waals surface area contributed by atoms with Gasteiger partial charge in [-0.05, 0) is 29.3 Å². The van der Waals surface area contributed by atoms with Crippen molar-refractivity contribution in [3.05, 3.63) is 42.0 Å². The summed E-state index contributed by atoms with van der Waals surface area (Å²) in [5.41, 5.74) is 0.227. The number of aromatic hydroxyl groups is 1. The molecular formula is C17H18N2O4. The van der Waals surface area contributed by atoms with Crippen molar-refractivity contribution in [3.8, 4) is 5.75 Å². The van der Waals surface area contributed by atoms with Crippen LogP contribution in [0.5, 0.6) is 5.75 Å². The van der Waals surface area contributed by atoms with Crippen LogP contribution in [0.1, 0.15) is 16.8 Å².